The van der Waals surface area contributed by atoms with E-state index in [9.17, 15) is 0 Å². The molecular weight excluding hydrogens is 286 g/mol. The van der Waals surface area contributed by atoms with Gasteiger partial charge in [0.2, 0.25) is 0 Å². The summed E-state index contributed by atoms with van der Waals surface area (Å²) in [4.78, 5) is 3.52. The maximum Gasteiger partial charge on any atom is 0.0437 e. The number of hydrazine groups is 1. The van der Waals surface area contributed by atoms with Gasteiger partial charge >= 0.3 is 0 Å². The molecule has 16 heavy (non-hydrogen) atoms. The van der Waals surface area contributed by atoms with E-state index in [1.807, 2.05) is 0 Å². The molecule has 0 saturated heterocycles. The molecule has 5 heteroatoms. The lowest BCUT2D eigenvalue weighted by Crippen LogP contribution is -2.58. The molecule has 1 rings (SSSR count). The number of hydrogen-bond donors (Lipinski definition) is 2. The van der Waals surface area contributed by atoms with Crippen molar-refractivity contribution in [3.63, 3.8) is 0 Å². The van der Waals surface area contributed by atoms with Crippen molar-refractivity contribution in [2.24, 2.45) is 5.84 Å². The number of nitrogens with one attached hydrogen (secondary N) is 1. The van der Waals surface area contributed by atoms with Crippen LogP contribution < -0.4 is 11.3 Å². The summed E-state index contributed by atoms with van der Waals surface area (Å²) in [5.41, 5.74) is 2.95. The van der Waals surface area contributed by atoms with E-state index >= 15 is 0 Å². The van der Waals surface area contributed by atoms with Gasteiger partial charge < -0.3 is 4.90 Å². The fourth-order valence-electron chi connectivity index (χ4n) is 1.48. The van der Waals surface area contributed by atoms with Crippen molar-refractivity contribution in [3.8, 4) is 0 Å². The summed E-state index contributed by atoms with van der Waals surface area (Å²) < 4.78 is 1.17. The highest BCUT2D eigenvalue weighted by atomic mass is 79.9. The van der Waals surface area contributed by atoms with Gasteiger partial charge in [-0.1, -0.05) is 0 Å². The van der Waals surface area contributed by atoms with Crippen LogP contribution in [0.3, 0.4) is 0 Å². The molecule has 0 amide bonds. The lowest BCUT2D eigenvalue weighted by Gasteiger charge is -2.39. The molecule has 92 valence electrons. The van der Waals surface area contributed by atoms with Crippen LogP contribution in [0.1, 0.15) is 18.7 Å². The normalized spacial score (nSPS) is 14.4. The van der Waals surface area contributed by atoms with E-state index < -0.39 is 0 Å². The van der Waals surface area contributed by atoms with Gasteiger partial charge in [-0.3, -0.25) is 11.3 Å². The van der Waals surface area contributed by atoms with Crippen molar-refractivity contribution in [2.45, 2.75) is 31.8 Å². The molecule has 1 aromatic heterocycles. The van der Waals surface area contributed by atoms with Gasteiger partial charge in [-0.25, -0.2) is 0 Å². The van der Waals surface area contributed by atoms with Gasteiger partial charge in [-0.15, -0.1) is 11.3 Å². The van der Waals surface area contributed by atoms with Crippen molar-refractivity contribution < 1.29 is 0 Å². The van der Waals surface area contributed by atoms with Crippen LogP contribution in [0.2, 0.25) is 0 Å². The first-order valence-electron chi connectivity index (χ1n) is 5.25. The molecule has 1 atom stereocenters. The van der Waals surface area contributed by atoms with E-state index in [1.165, 1.54) is 9.35 Å². The highest BCUT2D eigenvalue weighted by Gasteiger charge is 2.31. The third-order valence-electron chi connectivity index (χ3n) is 3.29. The Morgan fingerprint density at radius 2 is 2.19 bits per heavy atom. The maximum absolute atomic E-state index is 5.68. The van der Waals surface area contributed by atoms with Crippen LogP contribution in [-0.4, -0.2) is 30.6 Å². The summed E-state index contributed by atoms with van der Waals surface area (Å²) in [5, 5.41) is 2.09. The van der Waals surface area contributed by atoms with Crippen molar-refractivity contribution in [1.29, 1.82) is 0 Å². The highest BCUT2D eigenvalue weighted by Crippen LogP contribution is 2.27. The smallest absolute Gasteiger partial charge is 0.0437 e. The van der Waals surface area contributed by atoms with E-state index in [1.54, 1.807) is 11.3 Å². The zero-order valence-electron chi connectivity index (χ0n) is 10.2. The molecule has 3 nitrogen and oxygen atoms in total. The Morgan fingerprint density at radius 1 is 1.56 bits per heavy atom. The fraction of sp³-hybridized carbons (Fsp3) is 0.636. The summed E-state index contributed by atoms with van der Waals surface area (Å²) in [6, 6.07) is 2.30. The van der Waals surface area contributed by atoms with Crippen LogP contribution in [0.25, 0.3) is 0 Å². The van der Waals surface area contributed by atoms with Gasteiger partial charge in [0.15, 0.2) is 0 Å². The molecule has 1 heterocycles. The number of nitrogens with two attached hydrogens (primary N) is 1. The molecular formula is C11H20BrN3S. The number of nitrogens with zero attached hydrogens (tertiary/aromatic N) is 1. The fourth-order valence-corrected chi connectivity index (χ4v) is 3.04. The highest BCUT2D eigenvalue weighted by molar-refractivity contribution is 9.10. The zero-order chi connectivity index (χ0) is 12.3. The van der Waals surface area contributed by atoms with Crippen molar-refractivity contribution in [2.75, 3.05) is 14.1 Å². The molecule has 0 spiro atoms. The summed E-state index contributed by atoms with van der Waals surface area (Å²) in [6.07, 6.45) is 0.930. The van der Waals surface area contributed by atoms with Gasteiger partial charge in [0, 0.05) is 27.4 Å². The number of hydrogen-bond acceptors (Lipinski definition) is 4. The number of thiophene rings is 1. The average Bonchev–Trinajstić information content (AvgIpc) is 2.60. The topological polar surface area (TPSA) is 41.3 Å². The molecule has 3 N–H and O–H groups in total. The number of halogens is 1. The maximum atomic E-state index is 5.68. The monoisotopic (exact) mass is 305 g/mol. The van der Waals surface area contributed by atoms with Crippen molar-refractivity contribution >= 4 is 27.3 Å². The first-order valence-corrected chi connectivity index (χ1v) is 6.92. The minimum absolute atomic E-state index is 0.0121. The Morgan fingerprint density at radius 3 is 2.56 bits per heavy atom. The standard InChI is InChI=1S/C11H20BrN3S/c1-11(2,15(3)4)10(14-13)7-9-8(12)5-6-16-9/h5-6,10,14H,7,13H2,1-4H3. The Hall–Kier alpha value is 0.0600. The third kappa shape index (κ3) is 3.05. The molecule has 0 aliphatic heterocycles. The average molecular weight is 306 g/mol. The second-order valence-corrected chi connectivity index (χ2v) is 6.52. The first kappa shape index (κ1) is 14.1. The van der Waals surface area contributed by atoms with Crippen LogP contribution in [0.4, 0.5) is 0 Å². The van der Waals surface area contributed by atoms with Gasteiger partial charge in [0.25, 0.3) is 0 Å². The third-order valence-corrected chi connectivity index (χ3v) is 5.24. The minimum atomic E-state index is 0.0121. The molecule has 1 unspecified atom stereocenters. The molecule has 0 aliphatic rings. The lowest BCUT2D eigenvalue weighted by atomic mass is 9.91. The van der Waals surface area contributed by atoms with Gasteiger partial charge in [-0.2, -0.15) is 0 Å². The second-order valence-electron chi connectivity index (χ2n) is 4.66. The molecule has 0 aliphatic carbocycles. The Kier molecular flexibility index (Phi) is 4.94. The predicted octanol–water partition coefficient (Wildman–Crippen LogP) is 2.23. The minimum Gasteiger partial charge on any atom is -0.303 e. The Bertz CT molecular complexity index is 336. The van der Waals surface area contributed by atoms with E-state index in [0.717, 1.165) is 6.42 Å². The summed E-state index contributed by atoms with van der Waals surface area (Å²) in [5.74, 6) is 5.68. The van der Waals surface area contributed by atoms with Crippen LogP contribution in [0.5, 0.6) is 0 Å². The Balaban J connectivity index is 2.81. The van der Waals surface area contributed by atoms with E-state index in [0.29, 0.717) is 0 Å². The first-order chi connectivity index (χ1) is 7.39. The van der Waals surface area contributed by atoms with E-state index in [2.05, 4.69) is 65.6 Å². The van der Waals surface area contributed by atoms with Crippen molar-refractivity contribution in [3.05, 3.63) is 20.8 Å². The molecule has 1 aromatic rings. The van der Waals surface area contributed by atoms with Crippen LogP contribution in [0, 0.1) is 0 Å². The van der Waals surface area contributed by atoms with Gasteiger partial charge in [0.1, 0.15) is 0 Å². The predicted molar refractivity (Wildman–Crippen MR) is 74.6 cm³/mol. The molecule has 0 fully saturated rings. The molecule has 0 aromatic carbocycles. The zero-order valence-corrected chi connectivity index (χ0v) is 12.7. The van der Waals surface area contributed by atoms with Gasteiger partial charge in [0.05, 0.1) is 0 Å². The second kappa shape index (κ2) is 5.60. The van der Waals surface area contributed by atoms with Crippen LogP contribution in [-0.2, 0) is 6.42 Å². The van der Waals surface area contributed by atoms with E-state index in [-0.39, 0.29) is 11.6 Å². The number of likely N-dealkylation sites (N-methyl/N-ethyl adjacent to an activating group) is 1. The molecule has 0 bridgehead atoms. The largest absolute Gasteiger partial charge is 0.303 e. The molecule has 0 radical (unpaired) electrons. The summed E-state index contributed by atoms with van der Waals surface area (Å²) >= 11 is 5.32. The van der Waals surface area contributed by atoms with Crippen LogP contribution >= 0.6 is 27.3 Å². The van der Waals surface area contributed by atoms with Crippen molar-refractivity contribution in [1.82, 2.24) is 10.3 Å². The SMILES string of the molecule is CN(C)C(C)(C)C(Cc1sccc1Br)NN. The molecule has 0 saturated carbocycles. The summed E-state index contributed by atoms with van der Waals surface area (Å²) in [6.45, 7) is 4.39. The van der Waals surface area contributed by atoms with Gasteiger partial charge in [-0.05, 0) is 55.3 Å². The quantitative estimate of drug-likeness (QED) is 0.647. The van der Waals surface area contributed by atoms with E-state index in [4.69, 9.17) is 5.84 Å². The number of rotatable bonds is 5. The summed E-state index contributed by atoms with van der Waals surface area (Å²) in [7, 11) is 4.15. The Labute approximate surface area is 110 Å². The lowest BCUT2D eigenvalue weighted by molar-refractivity contribution is 0.138. The van der Waals surface area contributed by atoms with Crippen LogP contribution in [0.15, 0.2) is 15.9 Å².